The zero-order valence-corrected chi connectivity index (χ0v) is 20.7. The van der Waals surface area contributed by atoms with Crippen molar-refractivity contribution in [1.82, 2.24) is 18.8 Å². The van der Waals surface area contributed by atoms with Gasteiger partial charge in [-0.25, -0.2) is 17.4 Å². The minimum Gasteiger partial charge on any atom is -0.369 e. The molecular formula is C26H25N7O3S. The molecule has 11 heteroatoms. The molecule has 3 heterocycles. The molecule has 0 aliphatic carbocycles. The number of likely N-dealkylation sites (tertiary alicyclic amines) is 1. The lowest BCUT2D eigenvalue weighted by atomic mass is 9.89. The Morgan fingerprint density at radius 2 is 1.84 bits per heavy atom. The van der Waals surface area contributed by atoms with E-state index in [-0.39, 0.29) is 28.0 Å². The van der Waals surface area contributed by atoms with Gasteiger partial charge in [-0.15, -0.1) is 0 Å². The first-order valence-electron chi connectivity index (χ1n) is 11.8. The maximum atomic E-state index is 13.3. The van der Waals surface area contributed by atoms with Crippen LogP contribution in [0.25, 0.3) is 11.0 Å². The van der Waals surface area contributed by atoms with Gasteiger partial charge in [-0.05, 0) is 67.7 Å². The number of primary amides is 1. The van der Waals surface area contributed by atoms with Gasteiger partial charge < -0.3 is 11.1 Å². The van der Waals surface area contributed by atoms with Crippen molar-refractivity contribution in [1.29, 1.82) is 5.26 Å². The largest absolute Gasteiger partial charge is 0.369 e. The summed E-state index contributed by atoms with van der Waals surface area (Å²) >= 11 is 0. The van der Waals surface area contributed by atoms with Gasteiger partial charge in [0.05, 0.1) is 12.1 Å². The van der Waals surface area contributed by atoms with Crippen molar-refractivity contribution in [2.75, 3.05) is 25.0 Å². The van der Waals surface area contributed by atoms with Gasteiger partial charge in [0.2, 0.25) is 11.9 Å². The van der Waals surface area contributed by atoms with Crippen molar-refractivity contribution in [3.63, 3.8) is 0 Å². The standard InChI is InChI=1S/C26H25N7O3S/c27-15-20-3-1-2-4-23(20)37(35,36)33-14-11-21-16-29-26(31-25(21)33)30-22-7-5-18(6-8-22)19-9-12-32(13-10-19)17-24(28)34/h1-8,11,14,16,19H,9-10,12-13,17H2,(H2,28,34)(H,29,30,31). The third kappa shape index (κ3) is 5.02. The van der Waals surface area contributed by atoms with Crippen molar-refractivity contribution in [2.24, 2.45) is 5.73 Å². The van der Waals surface area contributed by atoms with Crippen LogP contribution in [0.15, 0.2) is 71.9 Å². The summed E-state index contributed by atoms with van der Waals surface area (Å²) in [5, 5.41) is 13.1. The molecule has 2 aromatic carbocycles. The van der Waals surface area contributed by atoms with Gasteiger partial charge in [-0.1, -0.05) is 24.3 Å². The fourth-order valence-electron chi connectivity index (χ4n) is 4.65. The Hall–Kier alpha value is -4.27. The van der Waals surface area contributed by atoms with Crippen molar-refractivity contribution in [3.8, 4) is 6.07 Å². The zero-order valence-electron chi connectivity index (χ0n) is 19.9. The Balaban J connectivity index is 1.34. The van der Waals surface area contributed by atoms with Gasteiger partial charge in [0.25, 0.3) is 10.0 Å². The number of hydrogen-bond donors (Lipinski definition) is 2. The van der Waals surface area contributed by atoms with Crippen LogP contribution < -0.4 is 11.1 Å². The van der Waals surface area contributed by atoms with Gasteiger partial charge >= 0.3 is 0 Å². The molecule has 1 fully saturated rings. The molecule has 0 saturated carbocycles. The predicted molar refractivity (Wildman–Crippen MR) is 139 cm³/mol. The number of nitrogens with zero attached hydrogens (tertiary/aromatic N) is 5. The number of fused-ring (bicyclic) bond motifs is 1. The first kappa shape index (κ1) is 24.4. The number of nitriles is 1. The molecule has 0 unspecified atom stereocenters. The molecule has 0 bridgehead atoms. The lowest BCUT2D eigenvalue weighted by Gasteiger charge is -2.31. The number of benzene rings is 2. The van der Waals surface area contributed by atoms with E-state index in [9.17, 15) is 18.5 Å². The second kappa shape index (κ2) is 10.0. The average molecular weight is 516 g/mol. The fraction of sp³-hybridized carbons (Fsp3) is 0.231. The summed E-state index contributed by atoms with van der Waals surface area (Å²) < 4.78 is 27.7. The number of carbonyl (C=O) groups excluding carboxylic acids is 1. The molecule has 1 saturated heterocycles. The molecule has 188 valence electrons. The van der Waals surface area contributed by atoms with Crippen molar-refractivity contribution < 1.29 is 13.2 Å². The van der Waals surface area contributed by atoms with Crippen LogP contribution in [0.4, 0.5) is 11.6 Å². The quantitative estimate of drug-likeness (QED) is 0.382. The van der Waals surface area contributed by atoms with E-state index < -0.39 is 10.0 Å². The Kier molecular flexibility index (Phi) is 6.60. The van der Waals surface area contributed by atoms with Gasteiger partial charge in [-0.3, -0.25) is 9.69 Å². The predicted octanol–water partition coefficient (Wildman–Crippen LogP) is 2.95. The second-order valence-corrected chi connectivity index (χ2v) is 10.7. The number of hydrogen-bond acceptors (Lipinski definition) is 8. The van der Waals surface area contributed by atoms with Crippen LogP contribution in [0.2, 0.25) is 0 Å². The molecule has 2 aromatic heterocycles. The molecule has 37 heavy (non-hydrogen) atoms. The molecule has 1 aliphatic heterocycles. The van der Waals surface area contributed by atoms with Crippen LogP contribution in [0.1, 0.15) is 29.9 Å². The van der Waals surface area contributed by atoms with E-state index >= 15 is 0 Å². The highest BCUT2D eigenvalue weighted by Crippen LogP contribution is 2.29. The molecular weight excluding hydrogens is 490 g/mol. The van der Waals surface area contributed by atoms with Gasteiger partial charge in [0.15, 0.2) is 5.65 Å². The summed E-state index contributed by atoms with van der Waals surface area (Å²) in [6.45, 7) is 1.97. The summed E-state index contributed by atoms with van der Waals surface area (Å²) in [6, 6.07) is 17.6. The van der Waals surface area contributed by atoms with E-state index in [1.165, 1.54) is 23.9 Å². The smallest absolute Gasteiger partial charge is 0.270 e. The Morgan fingerprint density at radius 1 is 1.11 bits per heavy atom. The first-order valence-corrected chi connectivity index (χ1v) is 13.3. The number of piperidine rings is 1. The Morgan fingerprint density at radius 3 is 2.54 bits per heavy atom. The van der Waals surface area contributed by atoms with Crippen molar-refractivity contribution in [3.05, 3.63) is 78.1 Å². The zero-order chi connectivity index (χ0) is 26.0. The lowest BCUT2D eigenvalue weighted by Crippen LogP contribution is -2.39. The highest BCUT2D eigenvalue weighted by Gasteiger charge is 2.24. The van der Waals surface area contributed by atoms with E-state index in [1.807, 2.05) is 18.2 Å². The molecule has 5 rings (SSSR count). The lowest BCUT2D eigenvalue weighted by molar-refractivity contribution is -0.119. The molecule has 1 amide bonds. The summed E-state index contributed by atoms with van der Waals surface area (Å²) in [6.07, 6.45) is 4.89. The fourth-order valence-corrected chi connectivity index (χ4v) is 6.10. The maximum Gasteiger partial charge on any atom is 0.270 e. The molecule has 1 aliphatic rings. The van der Waals surface area contributed by atoms with E-state index in [0.717, 1.165) is 35.6 Å². The number of anilines is 2. The summed E-state index contributed by atoms with van der Waals surface area (Å²) in [7, 11) is -4.04. The maximum absolute atomic E-state index is 13.3. The minimum atomic E-state index is -4.04. The van der Waals surface area contributed by atoms with Crippen LogP contribution in [0.5, 0.6) is 0 Å². The monoisotopic (exact) mass is 515 g/mol. The van der Waals surface area contributed by atoms with E-state index in [0.29, 0.717) is 17.8 Å². The second-order valence-electron chi connectivity index (χ2n) is 8.96. The molecule has 0 spiro atoms. The number of nitrogens with two attached hydrogens (primary N) is 1. The third-order valence-electron chi connectivity index (χ3n) is 6.54. The topological polar surface area (TPSA) is 147 Å². The molecule has 3 N–H and O–H groups in total. The highest BCUT2D eigenvalue weighted by molar-refractivity contribution is 7.90. The normalized spacial score (nSPS) is 14.9. The summed E-state index contributed by atoms with van der Waals surface area (Å²) in [5.74, 6) is 0.366. The number of aromatic nitrogens is 3. The Bertz CT molecular complexity index is 1600. The SMILES string of the molecule is N#Cc1ccccc1S(=O)(=O)n1ccc2cnc(Nc3ccc(C4CCN(CC(N)=O)CC4)cc3)nc21. The van der Waals surface area contributed by atoms with Crippen LogP contribution >= 0.6 is 0 Å². The first-order chi connectivity index (χ1) is 17.8. The Labute approximate surface area is 214 Å². The minimum absolute atomic E-state index is 0.0652. The van der Waals surface area contributed by atoms with E-state index in [1.54, 1.807) is 24.4 Å². The highest BCUT2D eigenvalue weighted by atomic mass is 32.2. The van der Waals surface area contributed by atoms with Crippen LogP contribution in [-0.4, -0.2) is 52.8 Å². The van der Waals surface area contributed by atoms with Crippen molar-refractivity contribution in [2.45, 2.75) is 23.7 Å². The van der Waals surface area contributed by atoms with Gasteiger partial charge in [0, 0.05) is 23.5 Å². The molecule has 0 radical (unpaired) electrons. The number of rotatable bonds is 7. The number of nitrogens with one attached hydrogen (secondary N) is 1. The van der Waals surface area contributed by atoms with Crippen LogP contribution in [0.3, 0.4) is 0 Å². The average Bonchev–Trinajstić information content (AvgIpc) is 3.33. The molecule has 10 nitrogen and oxygen atoms in total. The number of carbonyl (C=O) groups is 1. The van der Waals surface area contributed by atoms with Gasteiger partial charge in [0.1, 0.15) is 11.0 Å². The van der Waals surface area contributed by atoms with Crippen molar-refractivity contribution >= 4 is 38.6 Å². The molecule has 4 aromatic rings. The molecule has 0 atom stereocenters. The summed E-state index contributed by atoms with van der Waals surface area (Å²) in [4.78, 5) is 21.9. The van der Waals surface area contributed by atoms with E-state index in [4.69, 9.17) is 5.73 Å². The third-order valence-corrected chi connectivity index (χ3v) is 8.27. The number of amides is 1. The van der Waals surface area contributed by atoms with Crippen LogP contribution in [0, 0.1) is 11.3 Å². The summed E-state index contributed by atoms with van der Waals surface area (Å²) in [5.41, 5.74) is 7.57. The van der Waals surface area contributed by atoms with E-state index in [2.05, 4.69) is 32.3 Å². The van der Waals surface area contributed by atoms with Gasteiger partial charge in [-0.2, -0.15) is 10.2 Å². The van der Waals surface area contributed by atoms with Crippen LogP contribution in [-0.2, 0) is 14.8 Å².